The van der Waals surface area contributed by atoms with Crippen molar-refractivity contribution in [2.24, 2.45) is 0 Å². The lowest BCUT2D eigenvalue weighted by molar-refractivity contribution is -0.172. The third-order valence-electron chi connectivity index (χ3n) is 7.99. The predicted octanol–water partition coefficient (Wildman–Crippen LogP) is 4.46. The van der Waals surface area contributed by atoms with E-state index in [1.54, 1.807) is 17.6 Å². The molecule has 0 aliphatic carbocycles. The van der Waals surface area contributed by atoms with Crippen molar-refractivity contribution < 1.29 is 19.4 Å². The Morgan fingerprint density at radius 3 is 2.61 bits per heavy atom. The Kier molecular flexibility index (Phi) is 5.76. The first kappa shape index (κ1) is 24.2. The molecule has 2 aromatic heterocycles. The summed E-state index contributed by atoms with van der Waals surface area (Å²) in [6, 6.07) is 17.0. The summed E-state index contributed by atoms with van der Waals surface area (Å²) in [5.74, 6) is -0.634. The van der Waals surface area contributed by atoms with Gasteiger partial charge in [0.15, 0.2) is 11.4 Å². The van der Waals surface area contributed by atoms with Crippen LogP contribution in [-0.2, 0) is 41.1 Å². The first-order valence-electron chi connectivity index (χ1n) is 13.1. The molecule has 1 atom stereocenters. The Balaban J connectivity index is 1.47. The number of aryl methyl sites for hydroxylation is 2. The second-order valence-electron chi connectivity index (χ2n) is 9.97. The molecule has 4 aromatic rings. The summed E-state index contributed by atoms with van der Waals surface area (Å²) in [7, 11) is 0. The Hall–Kier alpha value is -4.10. The number of carbonyl (C=O) groups is 2. The van der Waals surface area contributed by atoms with Crippen LogP contribution < -0.4 is 5.56 Å². The average Bonchev–Trinajstić information content (AvgIpc) is 3.31. The van der Waals surface area contributed by atoms with Crippen molar-refractivity contribution in [3.8, 4) is 11.4 Å². The van der Waals surface area contributed by atoms with Gasteiger partial charge >= 0.3 is 5.97 Å². The van der Waals surface area contributed by atoms with E-state index < -0.39 is 11.6 Å². The van der Waals surface area contributed by atoms with Crippen LogP contribution in [0, 0.1) is 0 Å². The van der Waals surface area contributed by atoms with E-state index in [4.69, 9.17) is 9.72 Å². The SMILES string of the molecule is CCc1c2c(nc3cccc(CCC(=O)c4ccccc4)c13)-c1cc3c(c(=O)n1C2)COC(=O)C3(O)CC. The van der Waals surface area contributed by atoms with Gasteiger partial charge in [-0.2, -0.15) is 0 Å². The smallest absolute Gasteiger partial charge is 0.343 e. The first-order chi connectivity index (χ1) is 18.4. The van der Waals surface area contributed by atoms with Gasteiger partial charge in [0, 0.05) is 28.5 Å². The zero-order valence-electron chi connectivity index (χ0n) is 21.4. The number of hydrogen-bond donors (Lipinski definition) is 1. The van der Waals surface area contributed by atoms with Crippen LogP contribution in [0.3, 0.4) is 0 Å². The normalized spacial score (nSPS) is 17.6. The summed E-state index contributed by atoms with van der Waals surface area (Å²) >= 11 is 0. The Morgan fingerprint density at radius 2 is 1.87 bits per heavy atom. The molecule has 4 heterocycles. The van der Waals surface area contributed by atoms with Crippen molar-refractivity contribution in [1.82, 2.24) is 9.55 Å². The van der Waals surface area contributed by atoms with Crippen molar-refractivity contribution in [3.05, 3.63) is 98.3 Å². The fourth-order valence-electron chi connectivity index (χ4n) is 5.92. The van der Waals surface area contributed by atoms with E-state index in [9.17, 15) is 19.5 Å². The molecule has 7 nitrogen and oxygen atoms in total. The molecular formula is C31H28N2O5. The lowest BCUT2D eigenvalue weighted by Gasteiger charge is -2.31. The molecule has 0 spiro atoms. The van der Waals surface area contributed by atoms with E-state index in [1.807, 2.05) is 48.5 Å². The number of pyridine rings is 2. The van der Waals surface area contributed by atoms with E-state index in [2.05, 4.69) is 6.92 Å². The maximum absolute atomic E-state index is 13.6. The molecule has 0 fully saturated rings. The highest BCUT2D eigenvalue weighted by Gasteiger charge is 2.45. The van der Waals surface area contributed by atoms with Crippen LogP contribution in [0.1, 0.15) is 64.9 Å². The molecule has 192 valence electrons. The Labute approximate surface area is 219 Å². The molecule has 38 heavy (non-hydrogen) atoms. The monoisotopic (exact) mass is 508 g/mol. The van der Waals surface area contributed by atoms with Gasteiger partial charge in [-0.3, -0.25) is 9.59 Å². The van der Waals surface area contributed by atoms with Gasteiger partial charge < -0.3 is 14.4 Å². The van der Waals surface area contributed by atoms with Gasteiger partial charge in [-0.05, 0) is 42.5 Å². The lowest BCUT2D eigenvalue weighted by Crippen LogP contribution is -2.44. The first-order valence-corrected chi connectivity index (χ1v) is 13.1. The van der Waals surface area contributed by atoms with Crippen LogP contribution in [0.25, 0.3) is 22.3 Å². The second-order valence-corrected chi connectivity index (χ2v) is 9.97. The lowest BCUT2D eigenvalue weighted by atomic mass is 9.86. The van der Waals surface area contributed by atoms with E-state index in [0.29, 0.717) is 47.5 Å². The Morgan fingerprint density at radius 1 is 1.08 bits per heavy atom. The average molecular weight is 509 g/mol. The van der Waals surface area contributed by atoms with Gasteiger partial charge in [0.2, 0.25) is 0 Å². The molecule has 2 aromatic carbocycles. The number of esters is 1. The number of cyclic esters (lactones) is 1. The number of rotatable bonds is 6. The second kappa shape index (κ2) is 9.03. The molecule has 6 rings (SSSR count). The molecule has 0 bridgehead atoms. The number of aliphatic hydroxyl groups is 1. The number of Topliss-reactive ketones (excluding diaryl/α,β-unsaturated/α-hetero) is 1. The number of ketones is 1. The van der Waals surface area contributed by atoms with E-state index in [1.165, 1.54) is 0 Å². The molecule has 0 radical (unpaired) electrons. The van der Waals surface area contributed by atoms with Crippen molar-refractivity contribution in [1.29, 1.82) is 0 Å². The van der Waals surface area contributed by atoms with Gasteiger partial charge in [0.25, 0.3) is 5.56 Å². The molecule has 7 heteroatoms. The van der Waals surface area contributed by atoms with Crippen LogP contribution in [0.5, 0.6) is 0 Å². The third-order valence-corrected chi connectivity index (χ3v) is 7.99. The van der Waals surface area contributed by atoms with Crippen LogP contribution >= 0.6 is 0 Å². The molecule has 1 unspecified atom stereocenters. The minimum absolute atomic E-state index is 0.0967. The summed E-state index contributed by atoms with van der Waals surface area (Å²) in [5.41, 5.74) is 4.44. The number of ether oxygens (including phenoxy) is 1. The molecule has 2 aliphatic heterocycles. The summed E-state index contributed by atoms with van der Waals surface area (Å²) in [6.07, 6.45) is 1.81. The van der Waals surface area contributed by atoms with Crippen molar-refractivity contribution in [2.75, 3.05) is 0 Å². The zero-order chi connectivity index (χ0) is 26.6. The molecule has 2 aliphatic rings. The van der Waals surface area contributed by atoms with Crippen molar-refractivity contribution >= 4 is 22.7 Å². The standard InChI is InChI=1S/C31H28N2O5/c1-3-20-21-16-33-25(15-23-22(29(33)35)17-38-30(36)31(23,37)4-2)28(21)32-24-12-8-11-19(27(20)24)13-14-26(34)18-9-6-5-7-10-18/h5-12,15,37H,3-4,13-14,16-17H2,1-2H3. The number of hydrogen-bond acceptors (Lipinski definition) is 6. The highest BCUT2D eigenvalue weighted by molar-refractivity contribution is 5.97. The highest BCUT2D eigenvalue weighted by atomic mass is 16.6. The summed E-state index contributed by atoms with van der Waals surface area (Å²) < 4.78 is 6.85. The quantitative estimate of drug-likeness (QED) is 0.269. The maximum atomic E-state index is 13.6. The predicted molar refractivity (Wildman–Crippen MR) is 143 cm³/mol. The van der Waals surface area contributed by atoms with Gasteiger partial charge in [0.05, 0.1) is 29.0 Å². The number of carbonyl (C=O) groups excluding carboxylic acids is 2. The number of fused-ring (bicyclic) bond motifs is 5. The van der Waals surface area contributed by atoms with Crippen LogP contribution in [0.2, 0.25) is 0 Å². The maximum Gasteiger partial charge on any atom is 0.343 e. The fourth-order valence-corrected chi connectivity index (χ4v) is 5.92. The number of benzene rings is 2. The van der Waals surface area contributed by atoms with Gasteiger partial charge in [-0.1, -0.05) is 56.3 Å². The highest BCUT2D eigenvalue weighted by Crippen LogP contribution is 2.41. The minimum Gasteiger partial charge on any atom is -0.458 e. The molecule has 0 amide bonds. The summed E-state index contributed by atoms with van der Waals surface area (Å²) in [4.78, 5) is 43.8. The summed E-state index contributed by atoms with van der Waals surface area (Å²) in [6.45, 7) is 3.99. The van der Waals surface area contributed by atoms with Gasteiger partial charge in [0.1, 0.15) is 6.61 Å². The summed E-state index contributed by atoms with van der Waals surface area (Å²) in [5, 5.41) is 12.2. The van der Waals surface area contributed by atoms with Gasteiger partial charge in [-0.25, -0.2) is 9.78 Å². The van der Waals surface area contributed by atoms with E-state index >= 15 is 0 Å². The molecule has 0 saturated heterocycles. The van der Waals surface area contributed by atoms with E-state index in [-0.39, 0.29) is 24.4 Å². The van der Waals surface area contributed by atoms with E-state index in [0.717, 1.165) is 34.0 Å². The topological polar surface area (TPSA) is 98.5 Å². The zero-order valence-corrected chi connectivity index (χ0v) is 21.4. The number of aromatic nitrogens is 2. The minimum atomic E-state index is -1.85. The molecule has 1 N–H and O–H groups in total. The van der Waals surface area contributed by atoms with Crippen molar-refractivity contribution in [2.45, 2.75) is 58.3 Å². The van der Waals surface area contributed by atoms with Crippen LogP contribution in [0.4, 0.5) is 0 Å². The largest absolute Gasteiger partial charge is 0.458 e. The van der Waals surface area contributed by atoms with Crippen LogP contribution in [0.15, 0.2) is 59.4 Å². The number of nitrogens with zero attached hydrogens (tertiary/aromatic N) is 2. The molecular weight excluding hydrogens is 480 g/mol. The van der Waals surface area contributed by atoms with Gasteiger partial charge in [-0.15, -0.1) is 0 Å². The fraction of sp³-hybridized carbons (Fsp3) is 0.290. The Bertz CT molecular complexity index is 1690. The molecule has 0 saturated carbocycles. The van der Waals surface area contributed by atoms with Crippen LogP contribution in [-0.4, -0.2) is 26.4 Å². The van der Waals surface area contributed by atoms with Crippen molar-refractivity contribution in [3.63, 3.8) is 0 Å². The third kappa shape index (κ3) is 3.53.